The quantitative estimate of drug-likeness (QED) is 0.746. The molecule has 0 saturated carbocycles. The van der Waals surface area contributed by atoms with Gasteiger partial charge in [-0.1, -0.05) is 18.2 Å². The van der Waals surface area contributed by atoms with Gasteiger partial charge in [0, 0.05) is 32.3 Å². The van der Waals surface area contributed by atoms with E-state index in [-0.39, 0.29) is 18.6 Å². The number of ether oxygens (including phenoxy) is 2. The Morgan fingerprint density at radius 2 is 2.32 bits per heavy atom. The van der Waals surface area contributed by atoms with Crippen LogP contribution in [0.25, 0.3) is 0 Å². The maximum Gasteiger partial charge on any atom is 0.246 e. The Labute approximate surface area is 113 Å². The zero-order valence-electron chi connectivity index (χ0n) is 11.1. The van der Waals surface area contributed by atoms with Crippen molar-refractivity contribution in [3.05, 3.63) is 29.8 Å². The van der Waals surface area contributed by atoms with Crippen molar-refractivity contribution in [1.82, 2.24) is 5.32 Å². The number of nitrogens with one attached hydrogen (secondary N) is 2. The van der Waals surface area contributed by atoms with E-state index >= 15 is 0 Å². The van der Waals surface area contributed by atoms with Crippen molar-refractivity contribution in [2.75, 3.05) is 38.7 Å². The Morgan fingerprint density at radius 1 is 1.47 bits per heavy atom. The van der Waals surface area contributed by atoms with Gasteiger partial charge in [0.1, 0.15) is 6.61 Å². The van der Waals surface area contributed by atoms with Crippen LogP contribution in [0.2, 0.25) is 0 Å². The highest BCUT2D eigenvalue weighted by molar-refractivity contribution is 5.77. The van der Waals surface area contributed by atoms with E-state index in [4.69, 9.17) is 9.47 Å². The molecule has 5 heteroatoms. The number of hydrogen-bond acceptors (Lipinski definition) is 4. The average molecular weight is 264 g/mol. The van der Waals surface area contributed by atoms with Crippen LogP contribution in [0.5, 0.6) is 0 Å². The fourth-order valence-corrected chi connectivity index (χ4v) is 2.07. The SMILES string of the molecule is COCCNC(=O)COC1CNc2ccccc2C1. The molecule has 0 radical (unpaired) electrons. The first kappa shape index (κ1) is 13.8. The third kappa shape index (κ3) is 4.22. The van der Waals surface area contributed by atoms with E-state index in [9.17, 15) is 4.79 Å². The predicted molar refractivity (Wildman–Crippen MR) is 73.3 cm³/mol. The van der Waals surface area contributed by atoms with Crippen molar-refractivity contribution in [2.24, 2.45) is 0 Å². The Bertz CT molecular complexity index is 423. The summed E-state index contributed by atoms with van der Waals surface area (Å²) in [6, 6.07) is 8.16. The Morgan fingerprint density at radius 3 is 3.16 bits per heavy atom. The minimum Gasteiger partial charge on any atom is -0.383 e. The molecule has 1 amide bonds. The second-order valence-corrected chi connectivity index (χ2v) is 4.52. The van der Waals surface area contributed by atoms with E-state index in [1.54, 1.807) is 7.11 Å². The zero-order chi connectivity index (χ0) is 13.5. The largest absolute Gasteiger partial charge is 0.383 e. The smallest absolute Gasteiger partial charge is 0.246 e. The molecular weight excluding hydrogens is 244 g/mol. The standard InChI is InChI=1S/C14H20N2O3/c1-18-7-6-15-14(17)10-19-12-8-11-4-2-3-5-13(11)16-9-12/h2-5,12,16H,6-10H2,1H3,(H,15,17). The van der Waals surface area contributed by atoms with Crippen molar-refractivity contribution in [3.63, 3.8) is 0 Å². The summed E-state index contributed by atoms with van der Waals surface area (Å²) in [6.45, 7) is 1.87. The number of carbonyl (C=O) groups is 1. The number of para-hydroxylation sites is 1. The molecule has 5 nitrogen and oxygen atoms in total. The summed E-state index contributed by atoms with van der Waals surface area (Å²) >= 11 is 0. The van der Waals surface area contributed by atoms with Gasteiger partial charge in [-0.25, -0.2) is 0 Å². The van der Waals surface area contributed by atoms with Crippen molar-refractivity contribution in [2.45, 2.75) is 12.5 Å². The number of benzene rings is 1. The molecule has 104 valence electrons. The van der Waals surface area contributed by atoms with Crippen LogP contribution in [-0.2, 0) is 20.7 Å². The number of methoxy groups -OCH3 is 1. The van der Waals surface area contributed by atoms with Gasteiger partial charge in [-0.15, -0.1) is 0 Å². The van der Waals surface area contributed by atoms with Gasteiger partial charge in [-0.3, -0.25) is 4.79 Å². The fraction of sp³-hybridized carbons (Fsp3) is 0.500. The Kier molecular flexibility index (Phi) is 5.18. The second kappa shape index (κ2) is 7.11. The van der Waals surface area contributed by atoms with Crippen LogP contribution >= 0.6 is 0 Å². The van der Waals surface area contributed by atoms with Crippen LogP contribution in [-0.4, -0.2) is 45.4 Å². The number of rotatable bonds is 6. The Hall–Kier alpha value is -1.59. The maximum absolute atomic E-state index is 11.5. The lowest BCUT2D eigenvalue weighted by Gasteiger charge is -2.26. The Balaban J connectivity index is 1.72. The van der Waals surface area contributed by atoms with Gasteiger partial charge >= 0.3 is 0 Å². The second-order valence-electron chi connectivity index (χ2n) is 4.52. The molecule has 19 heavy (non-hydrogen) atoms. The summed E-state index contributed by atoms with van der Waals surface area (Å²) in [5, 5.41) is 6.04. The van der Waals surface area contributed by atoms with Crippen molar-refractivity contribution < 1.29 is 14.3 Å². The van der Waals surface area contributed by atoms with Gasteiger partial charge in [-0.05, 0) is 11.6 Å². The normalized spacial score (nSPS) is 17.4. The molecule has 1 aliphatic heterocycles. The van der Waals surface area contributed by atoms with Crippen LogP contribution in [0.3, 0.4) is 0 Å². The molecule has 1 aliphatic rings. The summed E-state index contributed by atoms with van der Waals surface area (Å²) in [5.41, 5.74) is 2.39. The lowest BCUT2D eigenvalue weighted by molar-refractivity contribution is -0.127. The van der Waals surface area contributed by atoms with E-state index in [2.05, 4.69) is 22.8 Å². The summed E-state index contributed by atoms with van der Waals surface area (Å²) in [7, 11) is 1.60. The summed E-state index contributed by atoms with van der Waals surface area (Å²) in [6.07, 6.45) is 0.886. The molecule has 1 aromatic rings. The van der Waals surface area contributed by atoms with E-state index < -0.39 is 0 Å². The van der Waals surface area contributed by atoms with Gasteiger partial charge in [0.05, 0.1) is 12.7 Å². The molecule has 2 rings (SSSR count). The minimum absolute atomic E-state index is 0.0445. The molecule has 0 spiro atoms. The number of hydrogen-bond donors (Lipinski definition) is 2. The summed E-state index contributed by atoms with van der Waals surface area (Å²) in [4.78, 5) is 11.5. The molecular formula is C14H20N2O3. The van der Waals surface area contributed by atoms with E-state index in [1.807, 2.05) is 12.1 Å². The van der Waals surface area contributed by atoms with Gasteiger partial charge in [0.2, 0.25) is 5.91 Å². The monoisotopic (exact) mass is 264 g/mol. The lowest BCUT2D eigenvalue weighted by atomic mass is 10.0. The topological polar surface area (TPSA) is 59.6 Å². The lowest BCUT2D eigenvalue weighted by Crippen LogP contribution is -2.36. The average Bonchev–Trinajstić information content (AvgIpc) is 2.45. The van der Waals surface area contributed by atoms with Gasteiger partial charge in [-0.2, -0.15) is 0 Å². The summed E-state index contributed by atoms with van der Waals surface area (Å²) < 4.78 is 10.5. The van der Waals surface area contributed by atoms with E-state index in [0.29, 0.717) is 13.2 Å². The van der Waals surface area contributed by atoms with Gasteiger partial charge in [0.25, 0.3) is 0 Å². The van der Waals surface area contributed by atoms with Gasteiger partial charge in [0.15, 0.2) is 0 Å². The first-order valence-electron chi connectivity index (χ1n) is 6.48. The molecule has 1 unspecified atom stereocenters. The molecule has 0 fully saturated rings. The van der Waals surface area contributed by atoms with Crippen LogP contribution in [0.1, 0.15) is 5.56 Å². The van der Waals surface area contributed by atoms with E-state index in [1.165, 1.54) is 5.56 Å². The van der Waals surface area contributed by atoms with Gasteiger partial charge < -0.3 is 20.1 Å². The predicted octanol–water partition coefficient (Wildman–Crippen LogP) is 0.802. The minimum atomic E-state index is -0.101. The highest BCUT2D eigenvalue weighted by Crippen LogP contribution is 2.22. The van der Waals surface area contributed by atoms with Crippen molar-refractivity contribution >= 4 is 11.6 Å². The number of amides is 1. The van der Waals surface area contributed by atoms with Crippen molar-refractivity contribution in [1.29, 1.82) is 0 Å². The molecule has 1 aromatic carbocycles. The molecule has 0 aromatic heterocycles. The third-order valence-corrected chi connectivity index (χ3v) is 3.06. The van der Waals surface area contributed by atoms with Crippen LogP contribution in [0, 0.1) is 0 Å². The number of anilines is 1. The van der Waals surface area contributed by atoms with Crippen LogP contribution in [0.4, 0.5) is 5.69 Å². The molecule has 1 atom stereocenters. The third-order valence-electron chi connectivity index (χ3n) is 3.06. The zero-order valence-corrected chi connectivity index (χ0v) is 11.1. The van der Waals surface area contributed by atoms with Crippen molar-refractivity contribution in [3.8, 4) is 0 Å². The van der Waals surface area contributed by atoms with E-state index in [0.717, 1.165) is 18.7 Å². The number of fused-ring (bicyclic) bond motifs is 1. The highest BCUT2D eigenvalue weighted by Gasteiger charge is 2.18. The first-order valence-corrected chi connectivity index (χ1v) is 6.48. The molecule has 0 aliphatic carbocycles. The summed E-state index contributed by atoms with van der Waals surface area (Å²) in [5.74, 6) is -0.101. The molecule has 0 saturated heterocycles. The fourth-order valence-electron chi connectivity index (χ4n) is 2.07. The first-order chi connectivity index (χ1) is 9.29. The van der Waals surface area contributed by atoms with Crippen LogP contribution < -0.4 is 10.6 Å². The van der Waals surface area contributed by atoms with Crippen LogP contribution in [0.15, 0.2) is 24.3 Å². The molecule has 0 bridgehead atoms. The highest BCUT2D eigenvalue weighted by atomic mass is 16.5. The molecule has 2 N–H and O–H groups in total. The number of carbonyl (C=O) groups excluding carboxylic acids is 1. The maximum atomic E-state index is 11.5. The molecule has 1 heterocycles.